The van der Waals surface area contributed by atoms with Crippen molar-refractivity contribution >= 4 is 52.3 Å². The molecule has 0 fully saturated rings. The Kier molecular flexibility index (Phi) is 6.89. The molecule has 3 heterocycles. The Morgan fingerprint density at radius 3 is 2.83 bits per heavy atom. The van der Waals surface area contributed by atoms with Crippen LogP contribution in [-0.4, -0.2) is 22.1 Å². The van der Waals surface area contributed by atoms with Gasteiger partial charge in [-0.25, -0.2) is 24.3 Å². The number of hydrogen-bond donors (Lipinski definition) is 2. The lowest BCUT2D eigenvalue weighted by atomic mass is 10.2. The number of fused-ring (bicyclic) bond motifs is 1. The van der Waals surface area contributed by atoms with Gasteiger partial charge in [0.1, 0.15) is 41.9 Å². The molecule has 5 rings (SSSR count). The summed E-state index contributed by atoms with van der Waals surface area (Å²) in [6, 6.07) is 13.5. The lowest BCUT2D eigenvalue weighted by Gasteiger charge is -2.12. The van der Waals surface area contributed by atoms with E-state index in [-0.39, 0.29) is 12.4 Å². The summed E-state index contributed by atoms with van der Waals surface area (Å²) in [7, 11) is 0. The minimum atomic E-state index is -0.307. The van der Waals surface area contributed by atoms with E-state index in [1.165, 1.54) is 30.9 Å². The predicted molar refractivity (Wildman–Crippen MR) is 142 cm³/mol. The average Bonchev–Trinajstić information content (AvgIpc) is 3.14. The van der Waals surface area contributed by atoms with E-state index >= 15 is 0 Å². The number of rotatable bonds is 4. The van der Waals surface area contributed by atoms with Crippen molar-refractivity contribution in [2.24, 2.45) is 9.98 Å². The number of anilines is 2. The van der Waals surface area contributed by atoms with Crippen molar-refractivity contribution < 1.29 is 9.13 Å². The molecule has 1 aliphatic rings. The molecule has 7 nitrogen and oxygen atoms in total. The number of aliphatic imine (C=N–C) groups is 2. The van der Waals surface area contributed by atoms with Gasteiger partial charge in [0.2, 0.25) is 0 Å². The molecule has 0 unspecified atom stereocenters. The fourth-order valence-corrected chi connectivity index (χ4v) is 4.53. The van der Waals surface area contributed by atoms with Crippen molar-refractivity contribution in [1.82, 2.24) is 9.97 Å². The third-order valence-corrected chi connectivity index (χ3v) is 6.35. The molecular weight excluding hydrogens is 499 g/mol. The van der Waals surface area contributed by atoms with Crippen LogP contribution in [0.2, 0.25) is 5.02 Å². The Balaban J connectivity index is 1.24. The van der Waals surface area contributed by atoms with Crippen LogP contribution >= 0.6 is 22.9 Å². The maximum Gasteiger partial charge on any atom is 0.141 e. The van der Waals surface area contributed by atoms with Gasteiger partial charge in [-0.05, 0) is 53.8 Å². The molecule has 0 saturated carbocycles. The first-order valence-corrected chi connectivity index (χ1v) is 12.0. The summed E-state index contributed by atoms with van der Waals surface area (Å²) in [5.74, 6) is 7.35. The molecule has 0 radical (unpaired) electrons. The highest BCUT2D eigenvalue weighted by molar-refractivity contribution is 7.13. The van der Waals surface area contributed by atoms with Gasteiger partial charge >= 0.3 is 0 Å². The number of nitrogens with one attached hydrogen (secondary N) is 1. The van der Waals surface area contributed by atoms with Gasteiger partial charge in [-0.3, -0.25) is 0 Å². The van der Waals surface area contributed by atoms with E-state index in [2.05, 4.69) is 37.1 Å². The zero-order valence-corrected chi connectivity index (χ0v) is 20.3. The van der Waals surface area contributed by atoms with Crippen LogP contribution in [0.4, 0.5) is 21.6 Å². The summed E-state index contributed by atoms with van der Waals surface area (Å²) in [6.45, 7) is 0.213. The molecule has 2 aromatic carbocycles. The van der Waals surface area contributed by atoms with Gasteiger partial charge in [-0.2, -0.15) is 0 Å². The fraction of sp³-hybridized carbons (Fsp3) is 0.0769. The Labute approximate surface area is 215 Å². The smallest absolute Gasteiger partial charge is 0.141 e. The van der Waals surface area contributed by atoms with E-state index < -0.39 is 0 Å². The zero-order valence-electron chi connectivity index (χ0n) is 18.7. The van der Waals surface area contributed by atoms with E-state index in [0.29, 0.717) is 34.5 Å². The second-order valence-corrected chi connectivity index (χ2v) is 9.23. The van der Waals surface area contributed by atoms with Crippen LogP contribution in [0, 0.1) is 17.7 Å². The Morgan fingerprint density at radius 2 is 2.03 bits per heavy atom. The second-order valence-electron chi connectivity index (χ2n) is 7.68. The highest BCUT2D eigenvalue weighted by atomic mass is 35.5. The number of benzene rings is 2. The van der Waals surface area contributed by atoms with E-state index in [9.17, 15) is 4.39 Å². The van der Waals surface area contributed by atoms with E-state index in [4.69, 9.17) is 22.1 Å². The molecule has 0 saturated heterocycles. The van der Waals surface area contributed by atoms with Gasteiger partial charge in [0, 0.05) is 17.0 Å². The van der Waals surface area contributed by atoms with Crippen LogP contribution in [0.3, 0.4) is 0 Å². The van der Waals surface area contributed by atoms with E-state index in [0.717, 1.165) is 26.7 Å². The Morgan fingerprint density at radius 1 is 1.11 bits per heavy atom. The number of nitrogens with two attached hydrogens (primary N) is 1. The van der Waals surface area contributed by atoms with Crippen molar-refractivity contribution in [2.45, 2.75) is 13.0 Å². The quantitative estimate of drug-likeness (QED) is 0.343. The third kappa shape index (κ3) is 5.86. The molecule has 0 aliphatic carbocycles. The van der Waals surface area contributed by atoms with E-state index in [1.807, 2.05) is 12.1 Å². The van der Waals surface area contributed by atoms with Gasteiger partial charge in [-0.1, -0.05) is 23.7 Å². The van der Waals surface area contributed by atoms with Crippen LogP contribution in [0.1, 0.15) is 21.0 Å². The molecule has 4 aromatic rings. The first kappa shape index (κ1) is 23.5. The normalized spacial score (nSPS) is 12.1. The van der Waals surface area contributed by atoms with Crippen LogP contribution in [0.15, 0.2) is 70.9 Å². The molecule has 1 aliphatic heterocycles. The maximum atomic E-state index is 13.4. The molecular formula is C26H18ClFN6OS. The standard InChI is InChI=1S/C26H18ClFN6OS/c27-21-9-18(5-7-23(21)35-14-16-2-1-3-17(28)8-16)34-26-11-24-22(32-15-33-26)10-20(36-24)6-4-19-12-31-25(29)13-30-19/h1-3,5,7-10,12-13,15H,11,14H2,(H2,29,31)(H,32,33,34). The minimum Gasteiger partial charge on any atom is -0.487 e. The molecule has 36 heavy (non-hydrogen) atoms. The second kappa shape index (κ2) is 10.6. The number of nitrogens with zero attached hydrogens (tertiary/aromatic N) is 4. The summed E-state index contributed by atoms with van der Waals surface area (Å²) < 4.78 is 19.1. The summed E-state index contributed by atoms with van der Waals surface area (Å²) in [6.07, 6.45) is 5.08. The number of aromatic nitrogens is 2. The van der Waals surface area contributed by atoms with Gasteiger partial charge in [0.25, 0.3) is 0 Å². The average molecular weight is 517 g/mol. The van der Waals surface area contributed by atoms with Crippen molar-refractivity contribution in [3.8, 4) is 17.6 Å². The lowest BCUT2D eigenvalue weighted by molar-refractivity contribution is 0.306. The molecule has 178 valence electrons. The van der Waals surface area contributed by atoms with Crippen LogP contribution < -0.4 is 15.8 Å². The first-order chi connectivity index (χ1) is 17.5. The summed E-state index contributed by atoms with van der Waals surface area (Å²) >= 11 is 7.96. The number of nitrogen functional groups attached to an aromatic ring is 1. The number of amidine groups is 1. The topological polar surface area (TPSA) is 97.8 Å². The monoisotopic (exact) mass is 516 g/mol. The summed E-state index contributed by atoms with van der Waals surface area (Å²) in [5.41, 5.74) is 8.41. The van der Waals surface area contributed by atoms with Crippen molar-refractivity contribution in [3.63, 3.8) is 0 Å². The van der Waals surface area contributed by atoms with Crippen LogP contribution in [0.25, 0.3) is 0 Å². The van der Waals surface area contributed by atoms with Gasteiger partial charge in [0.15, 0.2) is 0 Å². The highest BCUT2D eigenvalue weighted by Crippen LogP contribution is 2.32. The number of ether oxygens (including phenoxy) is 1. The van der Waals surface area contributed by atoms with Crippen molar-refractivity contribution in [2.75, 3.05) is 11.1 Å². The highest BCUT2D eigenvalue weighted by Gasteiger charge is 2.14. The molecule has 3 N–H and O–H groups in total. The molecule has 0 bridgehead atoms. The largest absolute Gasteiger partial charge is 0.487 e. The number of thiophene rings is 1. The molecule has 2 aromatic heterocycles. The Hall–Kier alpha value is -4.26. The van der Waals surface area contributed by atoms with Crippen molar-refractivity contribution in [1.29, 1.82) is 0 Å². The van der Waals surface area contributed by atoms with Gasteiger partial charge in [-0.15, -0.1) is 11.3 Å². The van der Waals surface area contributed by atoms with Gasteiger partial charge < -0.3 is 15.8 Å². The molecule has 0 spiro atoms. The van der Waals surface area contributed by atoms with Gasteiger partial charge in [0.05, 0.1) is 28.0 Å². The molecule has 10 heteroatoms. The number of hydrogen-bond acceptors (Lipinski definition) is 8. The van der Waals surface area contributed by atoms with Crippen LogP contribution in [-0.2, 0) is 13.0 Å². The predicted octanol–water partition coefficient (Wildman–Crippen LogP) is 5.62. The zero-order chi connectivity index (χ0) is 24.9. The molecule has 0 amide bonds. The summed E-state index contributed by atoms with van der Waals surface area (Å²) in [5, 5.41) is 3.72. The summed E-state index contributed by atoms with van der Waals surface area (Å²) in [4.78, 5) is 18.9. The lowest BCUT2D eigenvalue weighted by Crippen LogP contribution is -2.14. The van der Waals surface area contributed by atoms with E-state index in [1.54, 1.807) is 35.6 Å². The maximum absolute atomic E-state index is 13.4. The number of halogens is 2. The molecule has 0 atom stereocenters. The third-order valence-electron chi connectivity index (χ3n) is 5.01. The first-order valence-electron chi connectivity index (χ1n) is 10.8. The SMILES string of the molecule is Nc1cnc(C#Cc2cc3c(s2)CC(Nc2ccc(OCc4cccc(F)c4)c(Cl)c2)=NC=N3)cn1. The fourth-order valence-electron chi connectivity index (χ4n) is 3.33. The minimum absolute atomic E-state index is 0.213. The van der Waals surface area contributed by atoms with Crippen molar-refractivity contribution in [3.05, 3.63) is 92.8 Å². The Bertz CT molecular complexity index is 1540. The van der Waals surface area contributed by atoms with Crippen LogP contribution in [0.5, 0.6) is 5.75 Å².